The van der Waals surface area contributed by atoms with E-state index in [2.05, 4.69) is 4.98 Å². The summed E-state index contributed by atoms with van der Waals surface area (Å²) in [6.45, 7) is 0.366. The van der Waals surface area contributed by atoms with Crippen LogP contribution in [0.25, 0.3) is 0 Å². The van der Waals surface area contributed by atoms with Crippen molar-refractivity contribution in [2.75, 3.05) is 0 Å². The molecule has 0 bridgehead atoms. The molecule has 2 saturated carbocycles. The molecule has 2 aliphatic carbocycles. The van der Waals surface area contributed by atoms with E-state index in [0.29, 0.717) is 12.5 Å². The van der Waals surface area contributed by atoms with Gasteiger partial charge in [-0.2, -0.15) is 4.31 Å². The van der Waals surface area contributed by atoms with Gasteiger partial charge in [0, 0.05) is 29.7 Å². The van der Waals surface area contributed by atoms with Gasteiger partial charge in [-0.1, -0.05) is 19.3 Å². The summed E-state index contributed by atoms with van der Waals surface area (Å²) in [6.07, 6.45) is 11.2. The normalized spacial score (nSPS) is 19.4. The van der Waals surface area contributed by atoms with Crippen molar-refractivity contribution in [2.24, 2.45) is 0 Å². The van der Waals surface area contributed by atoms with Crippen LogP contribution in [0, 0.1) is 0 Å². The number of nitrogens with zero attached hydrogens (tertiary/aromatic N) is 3. The molecule has 0 amide bonds. The molecule has 0 aliphatic heterocycles. The molecule has 5 nitrogen and oxygen atoms in total. The van der Waals surface area contributed by atoms with E-state index in [9.17, 15) is 8.42 Å². The van der Waals surface area contributed by atoms with Gasteiger partial charge in [-0.3, -0.25) is 4.98 Å². The fourth-order valence-corrected chi connectivity index (χ4v) is 6.10. The number of sulfonamides is 1. The monoisotopic (exact) mass is 377 g/mol. The lowest BCUT2D eigenvalue weighted by Gasteiger charge is -2.21. The summed E-state index contributed by atoms with van der Waals surface area (Å²) >= 11 is 1.69. The molecule has 0 aromatic carbocycles. The Bertz CT molecular complexity index is 810. The fraction of sp³-hybridized carbons (Fsp3) is 0.556. The molecule has 2 aromatic rings. The minimum atomic E-state index is -3.52. The first-order valence-corrected chi connectivity index (χ1v) is 11.3. The second-order valence-corrected chi connectivity index (χ2v) is 9.76. The maximum Gasteiger partial charge on any atom is 0.245 e. The van der Waals surface area contributed by atoms with Gasteiger partial charge in [0.15, 0.2) is 0 Å². The topological polar surface area (TPSA) is 63.2 Å². The first-order chi connectivity index (χ1) is 12.1. The van der Waals surface area contributed by atoms with Gasteiger partial charge < -0.3 is 0 Å². The molecule has 0 saturated heterocycles. The standard InChI is InChI=1S/C18H23N3O2S2/c22-25(23,17-7-4-10-19-11-17)21(16-8-9-16)12-15-13-24-18(20-15)14-5-2-1-3-6-14/h4,7,10-11,13-14,16H,1-3,5-6,8-9,12H2. The average molecular weight is 378 g/mol. The van der Waals surface area contributed by atoms with Gasteiger partial charge in [0.05, 0.1) is 17.2 Å². The van der Waals surface area contributed by atoms with E-state index < -0.39 is 10.0 Å². The van der Waals surface area contributed by atoms with E-state index in [1.807, 2.05) is 5.38 Å². The lowest BCUT2D eigenvalue weighted by molar-refractivity contribution is 0.393. The van der Waals surface area contributed by atoms with Gasteiger partial charge in [-0.25, -0.2) is 13.4 Å². The fourth-order valence-electron chi connectivity index (χ4n) is 3.50. The third-order valence-corrected chi connectivity index (χ3v) is 7.97. The van der Waals surface area contributed by atoms with Crippen LogP contribution < -0.4 is 0 Å². The molecule has 0 radical (unpaired) electrons. The predicted molar refractivity (Wildman–Crippen MR) is 97.9 cm³/mol. The molecule has 0 atom stereocenters. The molecule has 2 fully saturated rings. The van der Waals surface area contributed by atoms with Crippen molar-refractivity contribution in [3.63, 3.8) is 0 Å². The van der Waals surface area contributed by atoms with Crippen LogP contribution in [0.2, 0.25) is 0 Å². The molecule has 2 aromatic heterocycles. The van der Waals surface area contributed by atoms with E-state index in [1.54, 1.807) is 34.0 Å². The Balaban J connectivity index is 1.54. The zero-order valence-corrected chi connectivity index (χ0v) is 15.8. The van der Waals surface area contributed by atoms with Crippen LogP contribution in [0.3, 0.4) is 0 Å². The first-order valence-electron chi connectivity index (χ1n) is 9.01. The summed E-state index contributed by atoms with van der Waals surface area (Å²) < 4.78 is 27.6. The Hall–Kier alpha value is -1.31. The minimum Gasteiger partial charge on any atom is -0.263 e. The van der Waals surface area contributed by atoms with Gasteiger partial charge in [0.1, 0.15) is 4.90 Å². The summed E-state index contributed by atoms with van der Waals surface area (Å²) in [4.78, 5) is 9.02. The van der Waals surface area contributed by atoms with Crippen molar-refractivity contribution >= 4 is 21.4 Å². The number of pyridine rings is 1. The summed E-state index contributed by atoms with van der Waals surface area (Å²) in [5.41, 5.74) is 0.880. The summed E-state index contributed by atoms with van der Waals surface area (Å²) in [5, 5.41) is 3.22. The highest BCUT2D eigenvalue weighted by molar-refractivity contribution is 7.89. The quantitative estimate of drug-likeness (QED) is 0.765. The van der Waals surface area contributed by atoms with E-state index in [-0.39, 0.29) is 10.9 Å². The Morgan fingerprint density at radius 3 is 2.64 bits per heavy atom. The van der Waals surface area contributed by atoms with E-state index in [4.69, 9.17) is 4.98 Å². The molecule has 4 rings (SSSR count). The van der Waals surface area contributed by atoms with Gasteiger partial charge >= 0.3 is 0 Å². The smallest absolute Gasteiger partial charge is 0.245 e. The van der Waals surface area contributed by atoms with Crippen LogP contribution >= 0.6 is 11.3 Å². The molecule has 25 heavy (non-hydrogen) atoms. The third-order valence-electron chi connectivity index (χ3n) is 5.04. The molecular formula is C18H23N3O2S2. The Morgan fingerprint density at radius 1 is 1.16 bits per heavy atom. The highest BCUT2D eigenvalue weighted by Gasteiger charge is 2.38. The molecule has 2 heterocycles. The van der Waals surface area contributed by atoms with Crippen LogP contribution in [0.15, 0.2) is 34.8 Å². The SMILES string of the molecule is O=S(=O)(c1cccnc1)N(Cc1csc(C2CCCCC2)n1)C1CC1. The molecule has 134 valence electrons. The predicted octanol–water partition coefficient (Wildman–Crippen LogP) is 3.94. The van der Waals surface area contributed by atoms with Crippen molar-refractivity contribution < 1.29 is 8.42 Å². The van der Waals surface area contributed by atoms with Crippen molar-refractivity contribution in [2.45, 2.75) is 68.3 Å². The van der Waals surface area contributed by atoms with E-state index >= 15 is 0 Å². The molecule has 0 unspecified atom stereocenters. The number of aromatic nitrogens is 2. The first kappa shape index (κ1) is 17.1. The Morgan fingerprint density at radius 2 is 1.96 bits per heavy atom. The summed E-state index contributed by atoms with van der Waals surface area (Å²) in [5.74, 6) is 0.566. The molecule has 0 spiro atoms. The van der Waals surface area contributed by atoms with Gasteiger partial charge in [-0.05, 0) is 37.8 Å². The van der Waals surface area contributed by atoms with Crippen molar-refractivity contribution in [3.05, 3.63) is 40.6 Å². The lowest BCUT2D eigenvalue weighted by atomic mass is 9.90. The molecule has 2 aliphatic rings. The van der Waals surface area contributed by atoms with Gasteiger partial charge in [-0.15, -0.1) is 11.3 Å². The lowest BCUT2D eigenvalue weighted by Crippen LogP contribution is -2.32. The van der Waals surface area contributed by atoms with E-state index in [0.717, 1.165) is 18.5 Å². The van der Waals surface area contributed by atoms with Gasteiger partial charge in [0.2, 0.25) is 10.0 Å². The third kappa shape index (κ3) is 3.78. The summed E-state index contributed by atoms with van der Waals surface area (Å²) in [6, 6.07) is 3.39. The van der Waals surface area contributed by atoms with Crippen LogP contribution in [-0.2, 0) is 16.6 Å². The van der Waals surface area contributed by atoms with Gasteiger partial charge in [0.25, 0.3) is 0 Å². The highest BCUT2D eigenvalue weighted by atomic mass is 32.2. The highest BCUT2D eigenvalue weighted by Crippen LogP contribution is 2.36. The van der Waals surface area contributed by atoms with Crippen LogP contribution in [0.5, 0.6) is 0 Å². The van der Waals surface area contributed by atoms with Crippen LogP contribution in [0.4, 0.5) is 0 Å². The van der Waals surface area contributed by atoms with Crippen LogP contribution in [-0.4, -0.2) is 28.7 Å². The Kier molecular flexibility index (Phi) is 4.88. The second-order valence-electron chi connectivity index (χ2n) is 6.98. The van der Waals surface area contributed by atoms with Crippen molar-refractivity contribution in [3.8, 4) is 0 Å². The van der Waals surface area contributed by atoms with E-state index in [1.165, 1.54) is 43.3 Å². The Labute approximate surface area is 153 Å². The zero-order valence-electron chi connectivity index (χ0n) is 14.2. The summed E-state index contributed by atoms with van der Waals surface area (Å²) in [7, 11) is -3.52. The maximum atomic E-state index is 13.0. The second kappa shape index (κ2) is 7.13. The average Bonchev–Trinajstić information content (AvgIpc) is 3.38. The number of hydrogen-bond donors (Lipinski definition) is 0. The molecular weight excluding hydrogens is 354 g/mol. The molecule has 7 heteroatoms. The maximum absolute atomic E-state index is 13.0. The largest absolute Gasteiger partial charge is 0.263 e. The minimum absolute atomic E-state index is 0.102. The number of hydrogen-bond acceptors (Lipinski definition) is 5. The zero-order chi connectivity index (χ0) is 17.3. The van der Waals surface area contributed by atoms with Crippen LogP contribution in [0.1, 0.15) is 61.6 Å². The number of rotatable bonds is 6. The van der Waals surface area contributed by atoms with Crippen molar-refractivity contribution in [1.82, 2.24) is 14.3 Å². The molecule has 0 N–H and O–H groups in total. The van der Waals surface area contributed by atoms with Crippen molar-refractivity contribution in [1.29, 1.82) is 0 Å². The number of thiazole rings is 1.